The molecule has 2 rings (SSSR count). The summed E-state index contributed by atoms with van der Waals surface area (Å²) in [5, 5.41) is 13.8. The number of benzene rings is 1. The molecule has 1 aliphatic heterocycles. The van der Waals surface area contributed by atoms with Gasteiger partial charge in [-0.15, -0.1) is 0 Å². The van der Waals surface area contributed by atoms with Crippen LogP contribution in [0.25, 0.3) is 0 Å². The van der Waals surface area contributed by atoms with Gasteiger partial charge < -0.3 is 20.5 Å². The molecule has 7 nitrogen and oxygen atoms in total. The molecule has 0 bridgehead atoms. The number of carboxylic acids is 1. The van der Waals surface area contributed by atoms with E-state index in [-0.39, 0.29) is 5.91 Å². The molecule has 3 unspecified atom stereocenters. The Kier molecular flexibility index (Phi) is 4.54. The van der Waals surface area contributed by atoms with Crippen molar-refractivity contribution in [3.05, 3.63) is 35.9 Å². The number of rotatable bonds is 6. The lowest BCUT2D eigenvalue weighted by Crippen LogP contribution is -2.46. The molecule has 0 aromatic heterocycles. The van der Waals surface area contributed by atoms with Gasteiger partial charge in [0.1, 0.15) is 6.04 Å². The minimum absolute atomic E-state index is 0.347. The Hall–Kier alpha value is -2.41. The highest BCUT2D eigenvalue weighted by atomic mass is 16.6. The highest BCUT2D eigenvalue weighted by Crippen LogP contribution is 2.22. The first-order valence-electron chi connectivity index (χ1n) is 6.49. The molecule has 3 atom stereocenters. The predicted octanol–water partition coefficient (Wildman–Crippen LogP) is -0.340. The Morgan fingerprint density at radius 3 is 2.48 bits per heavy atom. The Morgan fingerprint density at radius 1 is 1.24 bits per heavy atom. The van der Waals surface area contributed by atoms with Gasteiger partial charge in [0.05, 0.1) is 0 Å². The molecule has 1 saturated heterocycles. The van der Waals surface area contributed by atoms with Crippen LogP contribution < -0.4 is 10.6 Å². The van der Waals surface area contributed by atoms with E-state index < -0.39 is 30.1 Å². The standard InChI is InChI=1S/C14H16N2O5/c1-8(16-13(18)10-11(21-10)14(19)20)12(17)15-7-9-5-3-2-4-6-9/h2-6,8,10-11H,7H2,1H3,(H,15,17)(H,16,18)(H,19,20). The van der Waals surface area contributed by atoms with Gasteiger partial charge in [-0.25, -0.2) is 4.79 Å². The van der Waals surface area contributed by atoms with Gasteiger partial charge in [-0.3, -0.25) is 9.59 Å². The number of hydrogen-bond donors (Lipinski definition) is 3. The summed E-state index contributed by atoms with van der Waals surface area (Å²) in [6.07, 6.45) is -2.11. The number of aliphatic carboxylic acids is 1. The van der Waals surface area contributed by atoms with Crippen molar-refractivity contribution >= 4 is 17.8 Å². The zero-order chi connectivity index (χ0) is 15.4. The molecule has 3 N–H and O–H groups in total. The molecular formula is C14H16N2O5. The molecule has 112 valence electrons. The molecule has 1 aromatic rings. The van der Waals surface area contributed by atoms with E-state index in [1.54, 1.807) is 0 Å². The minimum Gasteiger partial charge on any atom is -0.479 e. The van der Waals surface area contributed by atoms with Gasteiger partial charge in [-0.1, -0.05) is 30.3 Å². The highest BCUT2D eigenvalue weighted by molar-refractivity contribution is 5.94. The summed E-state index contributed by atoms with van der Waals surface area (Å²) >= 11 is 0. The van der Waals surface area contributed by atoms with Crippen molar-refractivity contribution in [1.82, 2.24) is 10.6 Å². The van der Waals surface area contributed by atoms with E-state index in [0.717, 1.165) is 5.56 Å². The van der Waals surface area contributed by atoms with Crippen LogP contribution in [0.1, 0.15) is 12.5 Å². The number of hydrogen-bond acceptors (Lipinski definition) is 4. The summed E-state index contributed by atoms with van der Waals surface area (Å²) < 4.78 is 4.71. The average molecular weight is 292 g/mol. The Morgan fingerprint density at radius 2 is 1.90 bits per heavy atom. The molecule has 0 spiro atoms. The van der Waals surface area contributed by atoms with Gasteiger partial charge in [-0.05, 0) is 12.5 Å². The van der Waals surface area contributed by atoms with Crippen LogP contribution in [0, 0.1) is 0 Å². The molecule has 1 fully saturated rings. The van der Waals surface area contributed by atoms with Crippen molar-refractivity contribution in [2.45, 2.75) is 31.7 Å². The Bertz CT molecular complexity index is 546. The molecule has 0 radical (unpaired) electrons. The highest BCUT2D eigenvalue weighted by Gasteiger charge is 2.51. The van der Waals surface area contributed by atoms with Crippen molar-refractivity contribution in [3.8, 4) is 0 Å². The van der Waals surface area contributed by atoms with Crippen LogP contribution in [0.4, 0.5) is 0 Å². The van der Waals surface area contributed by atoms with E-state index in [1.807, 2.05) is 30.3 Å². The topological polar surface area (TPSA) is 108 Å². The Balaban J connectivity index is 1.75. The lowest BCUT2D eigenvalue weighted by Gasteiger charge is -2.13. The molecule has 1 aliphatic rings. The number of carboxylic acid groups (broad SMARTS) is 1. The second kappa shape index (κ2) is 6.36. The zero-order valence-corrected chi connectivity index (χ0v) is 11.4. The maximum atomic E-state index is 11.8. The van der Waals surface area contributed by atoms with Crippen molar-refractivity contribution < 1.29 is 24.2 Å². The van der Waals surface area contributed by atoms with E-state index >= 15 is 0 Å². The molecule has 1 heterocycles. The molecule has 7 heteroatoms. The third-order valence-corrected chi connectivity index (χ3v) is 3.06. The average Bonchev–Trinajstić information content (AvgIpc) is 3.26. The lowest BCUT2D eigenvalue weighted by atomic mass is 10.2. The summed E-state index contributed by atoms with van der Waals surface area (Å²) in [5.74, 6) is -2.12. The van der Waals surface area contributed by atoms with Gasteiger partial charge in [0.25, 0.3) is 5.91 Å². The number of carbonyl (C=O) groups excluding carboxylic acids is 2. The van der Waals surface area contributed by atoms with Crippen LogP contribution in [-0.2, 0) is 25.7 Å². The van der Waals surface area contributed by atoms with E-state index in [1.165, 1.54) is 6.92 Å². The van der Waals surface area contributed by atoms with Gasteiger partial charge in [0.2, 0.25) is 5.91 Å². The largest absolute Gasteiger partial charge is 0.479 e. The number of epoxide rings is 1. The van der Waals surface area contributed by atoms with E-state index in [9.17, 15) is 14.4 Å². The fourth-order valence-electron chi connectivity index (χ4n) is 1.80. The number of ether oxygens (including phenoxy) is 1. The summed E-state index contributed by atoms with van der Waals surface area (Å²) in [6.45, 7) is 1.88. The fourth-order valence-corrected chi connectivity index (χ4v) is 1.80. The molecule has 21 heavy (non-hydrogen) atoms. The van der Waals surface area contributed by atoms with Gasteiger partial charge in [0, 0.05) is 6.54 Å². The van der Waals surface area contributed by atoms with Crippen LogP contribution in [-0.4, -0.2) is 41.1 Å². The SMILES string of the molecule is CC(NC(=O)C1OC1C(=O)O)C(=O)NCc1ccccc1. The second-order valence-corrected chi connectivity index (χ2v) is 4.75. The monoisotopic (exact) mass is 292 g/mol. The van der Waals surface area contributed by atoms with E-state index in [4.69, 9.17) is 9.84 Å². The van der Waals surface area contributed by atoms with Crippen molar-refractivity contribution in [2.75, 3.05) is 0 Å². The summed E-state index contributed by atoms with van der Waals surface area (Å²) in [4.78, 5) is 34.0. The molecule has 0 aliphatic carbocycles. The number of carbonyl (C=O) groups is 3. The summed E-state index contributed by atoms with van der Waals surface area (Å²) in [5.41, 5.74) is 0.945. The third kappa shape index (κ3) is 4.03. The van der Waals surface area contributed by atoms with Crippen LogP contribution in [0.2, 0.25) is 0 Å². The van der Waals surface area contributed by atoms with E-state index in [0.29, 0.717) is 6.54 Å². The first-order valence-corrected chi connectivity index (χ1v) is 6.49. The normalized spacial score (nSPS) is 21.2. The fraction of sp³-hybridized carbons (Fsp3) is 0.357. The van der Waals surface area contributed by atoms with Crippen LogP contribution in [0.15, 0.2) is 30.3 Å². The van der Waals surface area contributed by atoms with Gasteiger partial charge in [0.15, 0.2) is 12.2 Å². The van der Waals surface area contributed by atoms with Crippen molar-refractivity contribution in [2.24, 2.45) is 0 Å². The Labute approximate surface area is 121 Å². The lowest BCUT2D eigenvalue weighted by molar-refractivity contribution is -0.138. The van der Waals surface area contributed by atoms with E-state index in [2.05, 4.69) is 10.6 Å². The van der Waals surface area contributed by atoms with Crippen molar-refractivity contribution in [3.63, 3.8) is 0 Å². The molecule has 2 amide bonds. The summed E-state index contributed by atoms with van der Waals surface area (Å²) in [7, 11) is 0. The maximum absolute atomic E-state index is 11.8. The first kappa shape index (κ1) is 15.0. The van der Waals surface area contributed by atoms with Gasteiger partial charge in [-0.2, -0.15) is 0 Å². The molecule has 1 aromatic carbocycles. The zero-order valence-electron chi connectivity index (χ0n) is 11.4. The first-order chi connectivity index (χ1) is 9.99. The molecule has 0 saturated carbocycles. The van der Waals surface area contributed by atoms with Crippen LogP contribution >= 0.6 is 0 Å². The minimum atomic E-state index is -1.18. The van der Waals surface area contributed by atoms with Crippen molar-refractivity contribution in [1.29, 1.82) is 0 Å². The quantitative estimate of drug-likeness (QED) is 0.622. The smallest absolute Gasteiger partial charge is 0.336 e. The molecular weight excluding hydrogens is 276 g/mol. The van der Waals surface area contributed by atoms with Gasteiger partial charge >= 0.3 is 5.97 Å². The second-order valence-electron chi connectivity index (χ2n) is 4.75. The maximum Gasteiger partial charge on any atom is 0.336 e. The van der Waals surface area contributed by atoms with Crippen LogP contribution in [0.3, 0.4) is 0 Å². The summed E-state index contributed by atoms with van der Waals surface area (Å²) in [6, 6.07) is 8.59. The number of amides is 2. The van der Waals surface area contributed by atoms with Crippen LogP contribution in [0.5, 0.6) is 0 Å². The predicted molar refractivity (Wildman–Crippen MR) is 72.2 cm³/mol. The number of nitrogens with one attached hydrogen (secondary N) is 2. The third-order valence-electron chi connectivity index (χ3n) is 3.06.